The first-order chi connectivity index (χ1) is 8.19. The van der Waals surface area contributed by atoms with E-state index in [9.17, 15) is 0 Å². The van der Waals surface area contributed by atoms with Crippen molar-refractivity contribution in [2.45, 2.75) is 46.1 Å². The molecule has 0 bridgehead atoms. The highest BCUT2D eigenvalue weighted by Gasteiger charge is 2.10. The molecule has 1 atom stereocenters. The molecule has 1 rings (SSSR count). The summed E-state index contributed by atoms with van der Waals surface area (Å²) in [5.74, 6) is 1.13. The van der Waals surface area contributed by atoms with Crippen molar-refractivity contribution in [3.05, 3.63) is 6.33 Å². The van der Waals surface area contributed by atoms with E-state index in [2.05, 4.69) is 36.1 Å². The summed E-state index contributed by atoms with van der Waals surface area (Å²) in [6.07, 6.45) is 4.57. The zero-order valence-corrected chi connectivity index (χ0v) is 10.9. The molecule has 0 aliphatic rings. The lowest BCUT2D eigenvalue weighted by molar-refractivity contribution is 0.299. The van der Waals surface area contributed by atoms with Crippen molar-refractivity contribution in [1.29, 1.82) is 0 Å². The van der Waals surface area contributed by atoms with Gasteiger partial charge in [-0.2, -0.15) is 4.98 Å². The lowest BCUT2D eigenvalue weighted by Gasteiger charge is -2.15. The highest BCUT2D eigenvalue weighted by atomic mass is 16.5. The van der Waals surface area contributed by atoms with Gasteiger partial charge < -0.3 is 15.8 Å². The highest BCUT2D eigenvalue weighted by Crippen LogP contribution is 2.25. The van der Waals surface area contributed by atoms with Gasteiger partial charge in [-0.1, -0.05) is 20.3 Å². The second kappa shape index (κ2) is 6.93. The third-order valence-corrected chi connectivity index (χ3v) is 2.58. The molecule has 0 aliphatic heterocycles. The number of anilines is 2. The predicted molar refractivity (Wildman–Crippen MR) is 70.2 cm³/mol. The minimum absolute atomic E-state index is 0.329. The molecular formula is C12H22N4O. The van der Waals surface area contributed by atoms with E-state index < -0.39 is 0 Å². The first-order valence-electron chi connectivity index (χ1n) is 6.18. The van der Waals surface area contributed by atoms with Crippen LogP contribution in [0.15, 0.2) is 6.33 Å². The number of hydrogen-bond donors (Lipinski definition) is 2. The Morgan fingerprint density at radius 3 is 2.82 bits per heavy atom. The number of nitrogens with zero attached hydrogens (tertiary/aromatic N) is 2. The smallest absolute Gasteiger partial charge is 0.242 e. The van der Waals surface area contributed by atoms with Crippen LogP contribution in [0.1, 0.15) is 40.0 Å². The number of hydrogen-bond acceptors (Lipinski definition) is 5. The summed E-state index contributed by atoms with van der Waals surface area (Å²) in [6.45, 7) is 6.94. The normalized spacial score (nSPS) is 12.2. The maximum absolute atomic E-state index is 5.96. The van der Waals surface area contributed by atoms with E-state index in [0.29, 0.717) is 30.0 Å². The van der Waals surface area contributed by atoms with Crippen molar-refractivity contribution in [1.82, 2.24) is 9.97 Å². The van der Waals surface area contributed by atoms with Crippen LogP contribution in [-0.4, -0.2) is 22.6 Å². The monoisotopic (exact) mass is 238 g/mol. The molecule has 0 fully saturated rings. The number of ether oxygens (including phenoxy) is 1. The fourth-order valence-corrected chi connectivity index (χ4v) is 1.26. The Labute approximate surface area is 103 Å². The standard InChI is InChI=1S/C12H22N4O/c1-4-6-7-17-12-10(13)11(14-8-15-12)16-9(3)5-2/h8-9H,4-7,13H2,1-3H3,(H,14,15,16). The zero-order valence-electron chi connectivity index (χ0n) is 10.9. The van der Waals surface area contributed by atoms with Crippen molar-refractivity contribution in [2.24, 2.45) is 0 Å². The second-order valence-electron chi connectivity index (χ2n) is 4.10. The number of nitrogens with two attached hydrogens (primary N) is 1. The van der Waals surface area contributed by atoms with E-state index in [1.54, 1.807) is 0 Å². The SMILES string of the molecule is CCCCOc1ncnc(NC(C)CC)c1N. The molecule has 5 nitrogen and oxygen atoms in total. The van der Waals surface area contributed by atoms with E-state index in [0.717, 1.165) is 19.3 Å². The molecule has 96 valence electrons. The van der Waals surface area contributed by atoms with Crippen LogP contribution in [-0.2, 0) is 0 Å². The lowest BCUT2D eigenvalue weighted by Crippen LogP contribution is -2.16. The van der Waals surface area contributed by atoms with Gasteiger partial charge in [-0.3, -0.25) is 0 Å². The third-order valence-electron chi connectivity index (χ3n) is 2.58. The number of rotatable bonds is 7. The van der Waals surface area contributed by atoms with Crippen LogP contribution in [0.4, 0.5) is 11.5 Å². The molecule has 0 saturated heterocycles. The van der Waals surface area contributed by atoms with Gasteiger partial charge in [0.25, 0.3) is 0 Å². The van der Waals surface area contributed by atoms with Crippen LogP contribution in [0.25, 0.3) is 0 Å². The quantitative estimate of drug-likeness (QED) is 0.714. The highest BCUT2D eigenvalue weighted by molar-refractivity contribution is 5.66. The summed E-state index contributed by atoms with van der Waals surface area (Å²) in [7, 11) is 0. The van der Waals surface area contributed by atoms with E-state index in [1.165, 1.54) is 6.33 Å². The minimum Gasteiger partial charge on any atom is -0.476 e. The summed E-state index contributed by atoms with van der Waals surface area (Å²) >= 11 is 0. The second-order valence-corrected chi connectivity index (χ2v) is 4.10. The maximum Gasteiger partial charge on any atom is 0.242 e. The first-order valence-corrected chi connectivity index (χ1v) is 6.18. The molecule has 1 heterocycles. The van der Waals surface area contributed by atoms with E-state index in [1.807, 2.05) is 0 Å². The Bertz CT molecular complexity index is 343. The number of unbranched alkanes of at least 4 members (excludes halogenated alkanes) is 1. The van der Waals surface area contributed by atoms with Crippen molar-refractivity contribution >= 4 is 11.5 Å². The lowest BCUT2D eigenvalue weighted by atomic mass is 10.2. The first kappa shape index (κ1) is 13.5. The molecule has 5 heteroatoms. The van der Waals surface area contributed by atoms with Gasteiger partial charge in [0.1, 0.15) is 12.0 Å². The minimum atomic E-state index is 0.329. The summed E-state index contributed by atoms with van der Waals surface area (Å²) < 4.78 is 5.52. The summed E-state index contributed by atoms with van der Waals surface area (Å²) in [5, 5.41) is 3.23. The Kier molecular flexibility index (Phi) is 5.52. The van der Waals surface area contributed by atoms with Gasteiger partial charge in [0.15, 0.2) is 5.82 Å². The number of nitrogens with one attached hydrogen (secondary N) is 1. The van der Waals surface area contributed by atoms with Crippen LogP contribution in [0, 0.1) is 0 Å². The van der Waals surface area contributed by atoms with Crippen LogP contribution >= 0.6 is 0 Å². The van der Waals surface area contributed by atoms with Gasteiger partial charge in [-0.15, -0.1) is 0 Å². The molecule has 17 heavy (non-hydrogen) atoms. The largest absolute Gasteiger partial charge is 0.476 e. The number of nitrogen functional groups attached to an aromatic ring is 1. The Morgan fingerprint density at radius 1 is 1.41 bits per heavy atom. The van der Waals surface area contributed by atoms with Gasteiger partial charge in [-0.05, 0) is 19.8 Å². The van der Waals surface area contributed by atoms with Crippen LogP contribution < -0.4 is 15.8 Å². The van der Waals surface area contributed by atoms with E-state index in [4.69, 9.17) is 10.5 Å². The van der Waals surface area contributed by atoms with Gasteiger partial charge in [0.05, 0.1) is 6.61 Å². The molecule has 3 N–H and O–H groups in total. The van der Waals surface area contributed by atoms with Gasteiger partial charge in [0.2, 0.25) is 5.88 Å². The fraction of sp³-hybridized carbons (Fsp3) is 0.667. The average molecular weight is 238 g/mol. The van der Waals surface area contributed by atoms with Gasteiger partial charge in [-0.25, -0.2) is 4.98 Å². The number of aromatic nitrogens is 2. The van der Waals surface area contributed by atoms with Crippen LogP contribution in [0.3, 0.4) is 0 Å². The summed E-state index contributed by atoms with van der Waals surface area (Å²) in [5.41, 5.74) is 6.45. The van der Waals surface area contributed by atoms with Crippen molar-refractivity contribution < 1.29 is 4.74 Å². The maximum atomic E-state index is 5.96. The Morgan fingerprint density at radius 2 is 2.18 bits per heavy atom. The van der Waals surface area contributed by atoms with Crippen LogP contribution in [0.5, 0.6) is 5.88 Å². The predicted octanol–water partition coefficient (Wildman–Crippen LogP) is 2.45. The van der Waals surface area contributed by atoms with Gasteiger partial charge in [0, 0.05) is 6.04 Å². The van der Waals surface area contributed by atoms with Crippen molar-refractivity contribution in [3.8, 4) is 5.88 Å². The van der Waals surface area contributed by atoms with Crippen molar-refractivity contribution in [2.75, 3.05) is 17.7 Å². The Balaban J connectivity index is 2.69. The molecule has 0 amide bonds. The van der Waals surface area contributed by atoms with Crippen LogP contribution in [0.2, 0.25) is 0 Å². The van der Waals surface area contributed by atoms with Gasteiger partial charge >= 0.3 is 0 Å². The molecule has 0 aliphatic carbocycles. The fourth-order valence-electron chi connectivity index (χ4n) is 1.26. The summed E-state index contributed by atoms with van der Waals surface area (Å²) in [4.78, 5) is 8.17. The Hall–Kier alpha value is -1.52. The molecule has 0 saturated carbocycles. The molecular weight excluding hydrogens is 216 g/mol. The summed E-state index contributed by atoms with van der Waals surface area (Å²) in [6, 6.07) is 0.329. The molecule has 1 aromatic heterocycles. The molecule has 0 aromatic carbocycles. The molecule has 1 aromatic rings. The molecule has 0 radical (unpaired) electrons. The van der Waals surface area contributed by atoms with Crippen molar-refractivity contribution in [3.63, 3.8) is 0 Å². The van der Waals surface area contributed by atoms with E-state index >= 15 is 0 Å². The topological polar surface area (TPSA) is 73.1 Å². The molecule has 1 unspecified atom stereocenters. The average Bonchev–Trinajstić information content (AvgIpc) is 2.34. The zero-order chi connectivity index (χ0) is 12.7. The third kappa shape index (κ3) is 4.09. The molecule has 0 spiro atoms. The van der Waals surface area contributed by atoms with E-state index in [-0.39, 0.29) is 0 Å².